The molecule has 0 aliphatic carbocycles. The topological polar surface area (TPSA) is 80.3 Å². The first-order valence-corrected chi connectivity index (χ1v) is 10.9. The number of methoxy groups -OCH3 is 1. The summed E-state index contributed by atoms with van der Waals surface area (Å²) in [6, 6.07) is 14.0. The molecule has 0 bridgehead atoms. The molecule has 0 saturated heterocycles. The molecule has 0 spiro atoms. The molecule has 146 valence electrons. The molecule has 0 aliphatic rings. The second-order valence-corrected chi connectivity index (χ2v) is 8.00. The normalized spacial score (nSPS) is 11.8. The molecule has 2 amide bonds. The number of thioether (sulfide) groups is 1. The maximum absolute atomic E-state index is 12.8. The highest BCUT2D eigenvalue weighted by Crippen LogP contribution is 2.25. The number of rotatable bonds is 8. The Hall–Kier alpha value is -2.58. The van der Waals surface area contributed by atoms with Gasteiger partial charge in [0.15, 0.2) is 5.13 Å². The molecular weight excluding hydrogens is 394 g/mol. The standard InChI is InChI=1S/C20H21N3O3S2/c1-26-16-9-5-3-7-13(16)18(24)21-15(11-12-27-2)19(25)23-20-22-14-8-4-6-10-17(14)28-20/h3-10,15H,11-12H2,1-2H3,(H,21,24)(H,22,23,25)/t15-/m0/s1. The van der Waals surface area contributed by atoms with Gasteiger partial charge in [-0.2, -0.15) is 11.8 Å². The first-order valence-electron chi connectivity index (χ1n) is 8.71. The van der Waals surface area contributed by atoms with Crippen molar-refractivity contribution in [3.8, 4) is 5.75 Å². The van der Waals surface area contributed by atoms with Crippen LogP contribution in [0.2, 0.25) is 0 Å². The molecule has 1 heterocycles. The maximum Gasteiger partial charge on any atom is 0.255 e. The van der Waals surface area contributed by atoms with Crippen LogP contribution in [0.5, 0.6) is 5.75 Å². The van der Waals surface area contributed by atoms with E-state index in [-0.39, 0.29) is 11.8 Å². The van der Waals surface area contributed by atoms with E-state index in [1.54, 1.807) is 36.0 Å². The first kappa shape index (κ1) is 20.2. The molecule has 0 fully saturated rings. The van der Waals surface area contributed by atoms with E-state index < -0.39 is 6.04 Å². The molecule has 0 saturated carbocycles. The molecule has 0 unspecified atom stereocenters. The van der Waals surface area contributed by atoms with E-state index in [0.29, 0.717) is 22.9 Å². The monoisotopic (exact) mass is 415 g/mol. The highest BCUT2D eigenvalue weighted by molar-refractivity contribution is 7.98. The molecule has 2 N–H and O–H groups in total. The van der Waals surface area contributed by atoms with Crippen LogP contribution in [0.1, 0.15) is 16.8 Å². The summed E-state index contributed by atoms with van der Waals surface area (Å²) in [4.78, 5) is 30.0. The third-order valence-electron chi connectivity index (χ3n) is 4.11. The fraction of sp³-hybridized carbons (Fsp3) is 0.250. The Morgan fingerprint density at radius 2 is 1.93 bits per heavy atom. The predicted molar refractivity (Wildman–Crippen MR) is 115 cm³/mol. The predicted octanol–water partition coefficient (Wildman–Crippen LogP) is 3.80. The van der Waals surface area contributed by atoms with Crippen molar-refractivity contribution in [2.45, 2.75) is 12.5 Å². The quantitative estimate of drug-likeness (QED) is 0.585. The van der Waals surface area contributed by atoms with Gasteiger partial charge in [0.05, 0.1) is 22.9 Å². The molecule has 0 radical (unpaired) electrons. The minimum atomic E-state index is -0.670. The first-order chi connectivity index (χ1) is 13.6. The fourth-order valence-corrected chi connectivity index (χ4v) is 4.03. The number of nitrogens with zero attached hydrogens (tertiary/aromatic N) is 1. The van der Waals surface area contributed by atoms with Gasteiger partial charge in [-0.05, 0) is 42.7 Å². The van der Waals surface area contributed by atoms with E-state index in [0.717, 1.165) is 16.0 Å². The molecule has 1 atom stereocenters. The van der Waals surface area contributed by atoms with Crippen molar-refractivity contribution in [3.63, 3.8) is 0 Å². The van der Waals surface area contributed by atoms with Crippen LogP contribution in [0.3, 0.4) is 0 Å². The zero-order valence-electron chi connectivity index (χ0n) is 15.6. The molecular formula is C20H21N3O3S2. The lowest BCUT2D eigenvalue weighted by molar-refractivity contribution is -0.118. The smallest absolute Gasteiger partial charge is 0.255 e. The van der Waals surface area contributed by atoms with E-state index in [1.165, 1.54) is 18.4 Å². The van der Waals surface area contributed by atoms with Gasteiger partial charge in [0, 0.05) is 0 Å². The highest BCUT2D eigenvalue weighted by Gasteiger charge is 2.23. The van der Waals surface area contributed by atoms with Gasteiger partial charge in [0.2, 0.25) is 5.91 Å². The number of thiazole rings is 1. The van der Waals surface area contributed by atoms with Gasteiger partial charge < -0.3 is 15.4 Å². The van der Waals surface area contributed by atoms with Gasteiger partial charge in [0.25, 0.3) is 5.91 Å². The zero-order valence-corrected chi connectivity index (χ0v) is 17.2. The molecule has 3 rings (SSSR count). The van der Waals surface area contributed by atoms with Gasteiger partial charge in [0.1, 0.15) is 11.8 Å². The Balaban J connectivity index is 1.74. The molecule has 6 nitrogen and oxygen atoms in total. The van der Waals surface area contributed by atoms with Crippen molar-refractivity contribution < 1.29 is 14.3 Å². The van der Waals surface area contributed by atoms with Gasteiger partial charge in [-0.25, -0.2) is 4.98 Å². The lowest BCUT2D eigenvalue weighted by Crippen LogP contribution is -2.44. The summed E-state index contributed by atoms with van der Waals surface area (Å²) in [5.74, 6) is 0.582. The van der Waals surface area contributed by atoms with Crippen molar-refractivity contribution in [1.29, 1.82) is 0 Å². The van der Waals surface area contributed by atoms with Crippen LogP contribution in [0.25, 0.3) is 10.2 Å². The van der Waals surface area contributed by atoms with E-state index >= 15 is 0 Å². The average Bonchev–Trinajstić information content (AvgIpc) is 3.13. The number of anilines is 1. The molecule has 8 heteroatoms. The number of hydrogen-bond donors (Lipinski definition) is 2. The van der Waals surface area contributed by atoms with Crippen LogP contribution in [0, 0.1) is 0 Å². The van der Waals surface area contributed by atoms with Crippen LogP contribution >= 0.6 is 23.1 Å². The number of aromatic nitrogens is 1. The van der Waals surface area contributed by atoms with Gasteiger partial charge in [-0.3, -0.25) is 9.59 Å². The van der Waals surface area contributed by atoms with E-state index in [1.807, 2.05) is 30.5 Å². The van der Waals surface area contributed by atoms with Crippen molar-refractivity contribution in [1.82, 2.24) is 10.3 Å². The summed E-state index contributed by atoms with van der Waals surface area (Å²) >= 11 is 3.03. The average molecular weight is 416 g/mol. The van der Waals surface area contributed by atoms with Crippen molar-refractivity contribution in [3.05, 3.63) is 54.1 Å². The summed E-state index contributed by atoms with van der Waals surface area (Å²) in [6.07, 6.45) is 2.48. The Labute approximate surface area is 171 Å². The fourth-order valence-electron chi connectivity index (χ4n) is 2.69. The van der Waals surface area contributed by atoms with E-state index in [9.17, 15) is 9.59 Å². The van der Waals surface area contributed by atoms with Gasteiger partial charge >= 0.3 is 0 Å². The SMILES string of the molecule is COc1ccccc1C(=O)N[C@@H](CCSC)C(=O)Nc1nc2ccccc2s1. The van der Waals surface area contributed by atoms with E-state index in [2.05, 4.69) is 15.6 Å². The lowest BCUT2D eigenvalue weighted by atomic mass is 10.1. The minimum absolute atomic E-state index is 0.281. The number of para-hydroxylation sites is 2. The van der Waals surface area contributed by atoms with Gasteiger partial charge in [-0.15, -0.1) is 0 Å². The number of amides is 2. The summed E-state index contributed by atoms with van der Waals surface area (Å²) in [7, 11) is 1.51. The molecule has 1 aromatic heterocycles. The van der Waals surface area contributed by atoms with E-state index in [4.69, 9.17) is 4.74 Å². The third kappa shape index (κ3) is 4.82. The van der Waals surface area contributed by atoms with Crippen molar-refractivity contribution >= 4 is 50.3 Å². The third-order valence-corrected chi connectivity index (χ3v) is 5.70. The summed E-state index contributed by atoms with van der Waals surface area (Å²) in [5, 5.41) is 6.19. The molecule has 3 aromatic rings. The largest absolute Gasteiger partial charge is 0.496 e. The van der Waals surface area contributed by atoms with Crippen LogP contribution in [0.4, 0.5) is 5.13 Å². The highest BCUT2D eigenvalue weighted by atomic mass is 32.2. The second kappa shape index (κ2) is 9.57. The maximum atomic E-state index is 12.8. The number of hydrogen-bond acceptors (Lipinski definition) is 6. The summed E-state index contributed by atoms with van der Waals surface area (Å²) in [6.45, 7) is 0. The summed E-state index contributed by atoms with van der Waals surface area (Å²) in [5.41, 5.74) is 1.23. The molecule has 28 heavy (non-hydrogen) atoms. The van der Waals surface area contributed by atoms with Crippen LogP contribution in [-0.2, 0) is 4.79 Å². The number of fused-ring (bicyclic) bond motifs is 1. The Kier molecular flexibility index (Phi) is 6.89. The molecule has 2 aromatic carbocycles. The Morgan fingerprint density at radius 1 is 1.18 bits per heavy atom. The Morgan fingerprint density at radius 3 is 2.68 bits per heavy atom. The van der Waals surface area contributed by atoms with Gasteiger partial charge in [-0.1, -0.05) is 35.6 Å². The van der Waals surface area contributed by atoms with Crippen molar-refractivity contribution in [2.75, 3.05) is 24.4 Å². The number of ether oxygens (including phenoxy) is 1. The summed E-state index contributed by atoms with van der Waals surface area (Å²) < 4.78 is 6.24. The van der Waals surface area contributed by atoms with Crippen molar-refractivity contribution in [2.24, 2.45) is 0 Å². The second-order valence-electron chi connectivity index (χ2n) is 5.98. The zero-order chi connectivity index (χ0) is 19.9. The number of benzene rings is 2. The lowest BCUT2D eigenvalue weighted by Gasteiger charge is -2.18. The van der Waals surface area contributed by atoms with Crippen LogP contribution in [0.15, 0.2) is 48.5 Å². The number of nitrogens with one attached hydrogen (secondary N) is 2. The Bertz CT molecular complexity index is 941. The molecule has 0 aliphatic heterocycles. The number of carbonyl (C=O) groups is 2. The minimum Gasteiger partial charge on any atom is -0.496 e. The van der Waals surface area contributed by atoms with Crippen LogP contribution < -0.4 is 15.4 Å². The van der Waals surface area contributed by atoms with Crippen LogP contribution in [-0.4, -0.2) is 42.0 Å². The number of carbonyl (C=O) groups excluding carboxylic acids is 2.